The van der Waals surface area contributed by atoms with Gasteiger partial charge in [0.1, 0.15) is 5.75 Å². The zero-order valence-electron chi connectivity index (χ0n) is 7.32. The number of phenols is 1. The Hall–Kier alpha value is -0.540. The molecule has 0 aliphatic carbocycles. The summed E-state index contributed by atoms with van der Waals surface area (Å²) in [7, 11) is 4.01. The van der Waals surface area contributed by atoms with E-state index in [4.69, 9.17) is 5.11 Å². The molecule has 0 unspecified atom stereocenters. The predicted octanol–water partition coefficient (Wildman–Crippen LogP) is 2.03. The fraction of sp³-hybridized carbons (Fsp3) is 0.333. The molecule has 0 atom stereocenters. The lowest BCUT2D eigenvalue weighted by molar-refractivity contribution is 0.400. The maximum Gasteiger partial charge on any atom is 0.115 e. The van der Waals surface area contributed by atoms with Crippen molar-refractivity contribution in [3.8, 4) is 5.75 Å². The van der Waals surface area contributed by atoms with E-state index in [9.17, 15) is 0 Å². The number of nitrogens with zero attached hydrogens (tertiary/aromatic N) is 1. The van der Waals surface area contributed by atoms with E-state index in [1.165, 1.54) is 0 Å². The molecule has 0 fully saturated rings. The summed E-state index contributed by atoms with van der Waals surface area (Å²) >= 11 is 0. The largest absolute Gasteiger partial charge is 0.508 e. The van der Waals surface area contributed by atoms with Gasteiger partial charge in [-0.15, -0.1) is 17.0 Å². The molecule has 0 amide bonds. The molecule has 2 nitrogen and oxygen atoms in total. The summed E-state index contributed by atoms with van der Waals surface area (Å²) in [6.07, 6.45) is 0. The van der Waals surface area contributed by atoms with Gasteiger partial charge < -0.3 is 10.0 Å². The Morgan fingerprint density at radius 3 is 2.50 bits per heavy atom. The van der Waals surface area contributed by atoms with Crippen molar-refractivity contribution in [2.45, 2.75) is 6.54 Å². The van der Waals surface area contributed by atoms with Crippen LogP contribution in [-0.2, 0) is 6.54 Å². The number of rotatable bonds is 2. The van der Waals surface area contributed by atoms with Crippen molar-refractivity contribution in [1.29, 1.82) is 0 Å². The highest BCUT2D eigenvalue weighted by Gasteiger charge is 1.94. The van der Waals surface area contributed by atoms with Gasteiger partial charge in [0, 0.05) is 6.54 Å². The molecule has 1 aromatic carbocycles. The van der Waals surface area contributed by atoms with Crippen LogP contribution in [0.2, 0.25) is 0 Å². The van der Waals surface area contributed by atoms with E-state index in [0.717, 1.165) is 12.1 Å². The van der Waals surface area contributed by atoms with Crippen molar-refractivity contribution < 1.29 is 5.11 Å². The normalized spacial score (nSPS) is 9.58. The van der Waals surface area contributed by atoms with E-state index in [-0.39, 0.29) is 17.0 Å². The monoisotopic (exact) mass is 231 g/mol. The summed E-state index contributed by atoms with van der Waals surface area (Å²) in [5.41, 5.74) is 1.13. The van der Waals surface area contributed by atoms with E-state index < -0.39 is 0 Å². The van der Waals surface area contributed by atoms with E-state index in [2.05, 4.69) is 4.90 Å². The first-order valence-corrected chi connectivity index (χ1v) is 3.61. The van der Waals surface area contributed by atoms with Crippen molar-refractivity contribution in [2.75, 3.05) is 14.1 Å². The molecule has 68 valence electrons. The van der Waals surface area contributed by atoms with Gasteiger partial charge >= 0.3 is 0 Å². The zero-order valence-corrected chi connectivity index (χ0v) is 9.03. The molecule has 0 saturated heterocycles. The van der Waals surface area contributed by atoms with Crippen LogP contribution in [0.5, 0.6) is 5.75 Å². The average molecular weight is 232 g/mol. The number of aromatic hydroxyl groups is 1. The Labute approximate surface area is 83.6 Å². The third kappa shape index (κ3) is 3.74. The standard InChI is InChI=1S/C9H13NO.BrH/c1-10(2)7-8-4-3-5-9(11)6-8;/h3-6,11H,7H2,1-2H3;1H. The summed E-state index contributed by atoms with van der Waals surface area (Å²) in [6.45, 7) is 0.869. The van der Waals surface area contributed by atoms with Gasteiger partial charge in [-0.25, -0.2) is 0 Å². The summed E-state index contributed by atoms with van der Waals surface area (Å²) in [6, 6.07) is 7.31. The van der Waals surface area contributed by atoms with Gasteiger partial charge in [-0.3, -0.25) is 0 Å². The number of hydrogen-bond donors (Lipinski definition) is 1. The van der Waals surface area contributed by atoms with Gasteiger partial charge in [-0.1, -0.05) is 12.1 Å². The Morgan fingerprint density at radius 1 is 1.33 bits per heavy atom. The quantitative estimate of drug-likeness (QED) is 0.843. The average Bonchev–Trinajstić information content (AvgIpc) is 1.85. The second kappa shape index (κ2) is 5.17. The highest BCUT2D eigenvalue weighted by atomic mass is 79.9. The summed E-state index contributed by atoms with van der Waals surface area (Å²) < 4.78 is 0. The van der Waals surface area contributed by atoms with Crippen molar-refractivity contribution in [1.82, 2.24) is 4.90 Å². The van der Waals surface area contributed by atoms with Crippen LogP contribution in [0.4, 0.5) is 0 Å². The van der Waals surface area contributed by atoms with Crippen LogP contribution in [-0.4, -0.2) is 24.1 Å². The first-order chi connectivity index (χ1) is 5.18. The first-order valence-electron chi connectivity index (χ1n) is 3.61. The molecule has 1 N–H and O–H groups in total. The lowest BCUT2D eigenvalue weighted by atomic mass is 10.2. The van der Waals surface area contributed by atoms with Crippen LogP contribution in [0.15, 0.2) is 24.3 Å². The van der Waals surface area contributed by atoms with Gasteiger partial charge in [-0.05, 0) is 31.8 Å². The lowest BCUT2D eigenvalue weighted by Gasteiger charge is -2.08. The van der Waals surface area contributed by atoms with E-state index in [0.29, 0.717) is 5.75 Å². The molecule has 0 radical (unpaired) electrons. The van der Waals surface area contributed by atoms with E-state index in [1.807, 2.05) is 26.2 Å². The number of benzene rings is 1. The topological polar surface area (TPSA) is 23.5 Å². The van der Waals surface area contributed by atoms with Gasteiger partial charge in [0.25, 0.3) is 0 Å². The zero-order chi connectivity index (χ0) is 8.27. The highest BCUT2D eigenvalue weighted by Crippen LogP contribution is 2.11. The Balaban J connectivity index is 0.00000121. The number of phenolic OH excluding ortho intramolecular Hbond substituents is 1. The number of halogens is 1. The first kappa shape index (κ1) is 11.5. The fourth-order valence-electron chi connectivity index (χ4n) is 1.02. The molecule has 1 rings (SSSR count). The van der Waals surface area contributed by atoms with E-state index in [1.54, 1.807) is 12.1 Å². The van der Waals surface area contributed by atoms with Crippen LogP contribution in [0.3, 0.4) is 0 Å². The third-order valence-corrected chi connectivity index (χ3v) is 1.41. The Bertz CT molecular complexity index is 238. The summed E-state index contributed by atoms with van der Waals surface area (Å²) in [4.78, 5) is 2.06. The molecule has 1 aromatic rings. The van der Waals surface area contributed by atoms with Crippen LogP contribution in [0.1, 0.15) is 5.56 Å². The van der Waals surface area contributed by atoms with Gasteiger partial charge in [0.05, 0.1) is 0 Å². The minimum absolute atomic E-state index is 0. The molecule has 0 aromatic heterocycles. The maximum absolute atomic E-state index is 9.11. The van der Waals surface area contributed by atoms with Crippen LogP contribution in [0, 0.1) is 0 Å². The molecule has 0 aliphatic heterocycles. The number of hydrogen-bond acceptors (Lipinski definition) is 2. The molecular formula is C9H14BrNO. The fourth-order valence-corrected chi connectivity index (χ4v) is 1.02. The molecule has 0 saturated carbocycles. The minimum Gasteiger partial charge on any atom is -0.508 e. The lowest BCUT2D eigenvalue weighted by Crippen LogP contribution is -2.10. The van der Waals surface area contributed by atoms with Crippen molar-refractivity contribution in [3.63, 3.8) is 0 Å². The smallest absolute Gasteiger partial charge is 0.115 e. The molecule has 0 aliphatic rings. The van der Waals surface area contributed by atoms with Crippen molar-refractivity contribution >= 4 is 17.0 Å². The molecule has 0 bridgehead atoms. The molecule has 3 heteroatoms. The third-order valence-electron chi connectivity index (χ3n) is 1.41. The minimum atomic E-state index is 0. The van der Waals surface area contributed by atoms with Crippen molar-refractivity contribution in [2.24, 2.45) is 0 Å². The molecular weight excluding hydrogens is 218 g/mol. The predicted molar refractivity (Wildman–Crippen MR) is 55.8 cm³/mol. The second-order valence-corrected chi connectivity index (χ2v) is 2.91. The Morgan fingerprint density at radius 2 is 2.00 bits per heavy atom. The van der Waals surface area contributed by atoms with Gasteiger partial charge in [0.2, 0.25) is 0 Å². The molecule has 0 heterocycles. The maximum atomic E-state index is 9.11. The summed E-state index contributed by atoms with van der Waals surface area (Å²) in [5, 5.41) is 9.11. The van der Waals surface area contributed by atoms with Crippen LogP contribution >= 0.6 is 17.0 Å². The SMILES string of the molecule is Br.CN(C)Cc1cccc(O)c1. The second-order valence-electron chi connectivity index (χ2n) is 2.91. The molecule has 12 heavy (non-hydrogen) atoms. The highest BCUT2D eigenvalue weighted by molar-refractivity contribution is 8.93. The molecule has 0 spiro atoms. The van der Waals surface area contributed by atoms with Crippen LogP contribution < -0.4 is 0 Å². The van der Waals surface area contributed by atoms with E-state index >= 15 is 0 Å². The summed E-state index contributed by atoms with van der Waals surface area (Å²) in [5.74, 6) is 0.337. The van der Waals surface area contributed by atoms with Crippen LogP contribution in [0.25, 0.3) is 0 Å². The van der Waals surface area contributed by atoms with Gasteiger partial charge in [-0.2, -0.15) is 0 Å². The van der Waals surface area contributed by atoms with Crippen molar-refractivity contribution in [3.05, 3.63) is 29.8 Å². The Kier molecular flexibility index (Phi) is 4.93. The van der Waals surface area contributed by atoms with Gasteiger partial charge in [0.15, 0.2) is 0 Å².